The number of carboxylic acids is 1. The molecule has 1 heterocycles. The van der Waals surface area contributed by atoms with Crippen molar-refractivity contribution in [1.82, 2.24) is 0 Å². The van der Waals surface area contributed by atoms with Gasteiger partial charge >= 0.3 is 5.97 Å². The highest BCUT2D eigenvalue weighted by atomic mass is 35.5. The Kier molecular flexibility index (Phi) is 4.77. The summed E-state index contributed by atoms with van der Waals surface area (Å²) in [7, 11) is 0. The van der Waals surface area contributed by atoms with Crippen LogP contribution >= 0.6 is 22.9 Å². The number of thiophene rings is 1. The summed E-state index contributed by atoms with van der Waals surface area (Å²) >= 11 is 7.17. The van der Waals surface area contributed by atoms with E-state index >= 15 is 0 Å². The second-order valence-corrected chi connectivity index (χ2v) is 5.88. The Morgan fingerprint density at radius 3 is 2.62 bits per heavy atom. The Morgan fingerprint density at radius 2 is 1.95 bits per heavy atom. The van der Waals surface area contributed by atoms with Crippen LogP contribution in [0.2, 0.25) is 5.02 Å². The van der Waals surface area contributed by atoms with Gasteiger partial charge in [-0.15, -0.1) is 11.3 Å². The van der Waals surface area contributed by atoms with Crippen LogP contribution in [0.3, 0.4) is 0 Å². The summed E-state index contributed by atoms with van der Waals surface area (Å²) in [5, 5.41) is 18.2. The number of ketones is 1. The fourth-order valence-corrected chi connectivity index (χ4v) is 2.88. The van der Waals surface area contributed by atoms with Crippen LogP contribution in [0, 0.1) is 0 Å². The van der Waals surface area contributed by atoms with Crippen LogP contribution in [0.15, 0.2) is 48.2 Å². The summed E-state index contributed by atoms with van der Waals surface area (Å²) in [5.41, 5.74) is 1.02. The number of carbonyl (C=O) groups is 2. The van der Waals surface area contributed by atoms with Gasteiger partial charge in [0.05, 0.1) is 4.88 Å². The van der Waals surface area contributed by atoms with E-state index in [9.17, 15) is 9.59 Å². The molecular weight excluding hydrogens is 312 g/mol. The fraction of sp³-hybridized carbons (Fsp3) is 0.0667. The molecule has 0 spiro atoms. The maximum absolute atomic E-state index is 11.8. The van der Waals surface area contributed by atoms with Crippen LogP contribution < -0.4 is 0 Å². The molecule has 4 nitrogen and oxygen atoms in total. The van der Waals surface area contributed by atoms with Gasteiger partial charge in [-0.2, -0.15) is 0 Å². The molecule has 21 heavy (non-hydrogen) atoms. The number of allylic oxidation sites excluding steroid dienone is 1. The van der Waals surface area contributed by atoms with Gasteiger partial charge in [0, 0.05) is 22.4 Å². The zero-order valence-corrected chi connectivity index (χ0v) is 12.3. The topological polar surface area (TPSA) is 74.6 Å². The molecule has 0 unspecified atom stereocenters. The van der Waals surface area contributed by atoms with Crippen LogP contribution in [0.5, 0.6) is 0 Å². The predicted octanol–water partition coefficient (Wildman–Crippen LogP) is 3.70. The van der Waals surface area contributed by atoms with Crippen molar-refractivity contribution in [2.75, 3.05) is 0 Å². The van der Waals surface area contributed by atoms with E-state index in [2.05, 4.69) is 0 Å². The first-order valence-electron chi connectivity index (χ1n) is 5.97. The predicted molar refractivity (Wildman–Crippen MR) is 81.3 cm³/mol. The molecule has 1 aromatic carbocycles. The van der Waals surface area contributed by atoms with Crippen molar-refractivity contribution < 1.29 is 19.8 Å². The Labute approximate surface area is 129 Å². The number of carboxylic acid groups (broad SMARTS) is 1. The summed E-state index contributed by atoms with van der Waals surface area (Å²) in [6.07, 6.45) is 1.34. The number of carbonyl (C=O) groups excluding carboxylic acids is 1. The number of aliphatic hydroxyl groups is 1. The van der Waals surface area contributed by atoms with Gasteiger partial charge in [0.15, 0.2) is 5.78 Å². The molecule has 0 radical (unpaired) electrons. The number of hydrogen-bond donors (Lipinski definition) is 2. The smallest absolute Gasteiger partial charge is 0.371 e. The highest BCUT2D eigenvalue weighted by molar-refractivity contribution is 7.14. The van der Waals surface area contributed by atoms with Gasteiger partial charge in [-0.05, 0) is 29.8 Å². The first-order chi connectivity index (χ1) is 9.95. The molecule has 0 aliphatic carbocycles. The van der Waals surface area contributed by atoms with Gasteiger partial charge in [-0.1, -0.05) is 23.7 Å². The number of aliphatic carboxylic acids is 1. The van der Waals surface area contributed by atoms with Gasteiger partial charge in [0.25, 0.3) is 0 Å². The lowest BCUT2D eigenvalue weighted by molar-refractivity contribution is -0.135. The summed E-state index contributed by atoms with van der Waals surface area (Å²) < 4.78 is 0. The minimum atomic E-state index is -1.53. The SMILES string of the molecule is O=C(O)/C(O)=C/C(=O)c1ccc(Cc2cccc(Cl)c2)s1. The lowest BCUT2D eigenvalue weighted by Crippen LogP contribution is -2.02. The quantitative estimate of drug-likeness (QED) is 0.500. The number of benzene rings is 1. The van der Waals surface area contributed by atoms with E-state index in [1.54, 1.807) is 18.2 Å². The third-order valence-electron chi connectivity index (χ3n) is 2.66. The maximum atomic E-state index is 11.8. The molecule has 0 saturated heterocycles. The monoisotopic (exact) mass is 322 g/mol. The largest absolute Gasteiger partial charge is 0.502 e. The standard InChI is InChI=1S/C15H11ClO4S/c16-10-3-1-2-9(6-10)7-11-4-5-14(21-11)12(17)8-13(18)15(19)20/h1-6,8,18H,7H2,(H,19,20)/b13-8-. The molecule has 2 aromatic rings. The molecule has 2 rings (SSSR count). The summed E-state index contributed by atoms with van der Waals surface area (Å²) in [5.74, 6) is -3.03. The van der Waals surface area contributed by atoms with Crippen LogP contribution in [-0.2, 0) is 11.2 Å². The first-order valence-corrected chi connectivity index (χ1v) is 7.16. The summed E-state index contributed by atoms with van der Waals surface area (Å²) in [6.45, 7) is 0. The Balaban J connectivity index is 2.13. The second kappa shape index (κ2) is 6.56. The molecule has 1 aromatic heterocycles. The molecular formula is C15H11ClO4S. The zero-order valence-electron chi connectivity index (χ0n) is 10.7. The van der Waals surface area contributed by atoms with E-state index in [1.165, 1.54) is 11.3 Å². The Bertz CT molecular complexity index is 718. The van der Waals surface area contributed by atoms with E-state index in [0.29, 0.717) is 22.4 Å². The normalized spacial score (nSPS) is 11.4. The van der Waals surface area contributed by atoms with Crippen molar-refractivity contribution in [2.45, 2.75) is 6.42 Å². The molecule has 0 atom stereocenters. The average molecular weight is 323 g/mol. The molecule has 0 fully saturated rings. The average Bonchev–Trinajstić information content (AvgIpc) is 2.87. The van der Waals surface area contributed by atoms with Gasteiger partial charge in [-0.25, -0.2) is 4.79 Å². The Hall–Kier alpha value is -2.11. The number of rotatable bonds is 5. The molecule has 0 aliphatic heterocycles. The summed E-state index contributed by atoms with van der Waals surface area (Å²) in [6, 6.07) is 10.8. The molecule has 0 aliphatic rings. The third kappa shape index (κ3) is 4.18. The number of hydrogen-bond acceptors (Lipinski definition) is 4. The maximum Gasteiger partial charge on any atom is 0.371 e. The second-order valence-electron chi connectivity index (χ2n) is 4.27. The van der Waals surface area contributed by atoms with Gasteiger partial charge in [0.2, 0.25) is 5.76 Å². The van der Waals surface area contributed by atoms with Crippen molar-refractivity contribution in [2.24, 2.45) is 0 Å². The van der Waals surface area contributed by atoms with E-state index in [4.69, 9.17) is 21.8 Å². The molecule has 2 N–H and O–H groups in total. The summed E-state index contributed by atoms with van der Waals surface area (Å²) in [4.78, 5) is 23.6. The van der Waals surface area contributed by atoms with Crippen LogP contribution in [0.1, 0.15) is 20.1 Å². The zero-order chi connectivity index (χ0) is 15.4. The van der Waals surface area contributed by atoms with Crippen molar-refractivity contribution in [1.29, 1.82) is 0 Å². The fourth-order valence-electron chi connectivity index (χ4n) is 1.71. The lowest BCUT2D eigenvalue weighted by Gasteiger charge is -1.99. The van der Waals surface area contributed by atoms with Crippen LogP contribution in [0.4, 0.5) is 0 Å². The molecule has 108 valence electrons. The van der Waals surface area contributed by atoms with E-state index in [1.807, 2.05) is 18.2 Å². The van der Waals surface area contributed by atoms with E-state index < -0.39 is 17.5 Å². The lowest BCUT2D eigenvalue weighted by atomic mass is 10.1. The van der Waals surface area contributed by atoms with Gasteiger partial charge in [-0.3, -0.25) is 4.79 Å². The molecule has 0 bridgehead atoms. The van der Waals surface area contributed by atoms with Crippen molar-refractivity contribution >= 4 is 34.7 Å². The van der Waals surface area contributed by atoms with Crippen molar-refractivity contribution in [3.8, 4) is 0 Å². The van der Waals surface area contributed by atoms with Gasteiger partial charge < -0.3 is 10.2 Å². The minimum Gasteiger partial charge on any atom is -0.502 e. The van der Waals surface area contributed by atoms with E-state index in [-0.39, 0.29) is 0 Å². The number of aliphatic hydroxyl groups excluding tert-OH is 1. The van der Waals surface area contributed by atoms with Crippen LogP contribution in [0.25, 0.3) is 0 Å². The first kappa shape index (κ1) is 15.3. The molecule has 6 heteroatoms. The third-order valence-corrected chi connectivity index (χ3v) is 3.99. The van der Waals surface area contributed by atoms with Crippen molar-refractivity contribution in [3.63, 3.8) is 0 Å². The van der Waals surface area contributed by atoms with E-state index in [0.717, 1.165) is 10.4 Å². The highest BCUT2D eigenvalue weighted by Gasteiger charge is 2.12. The number of halogens is 1. The molecule has 0 amide bonds. The van der Waals surface area contributed by atoms with Crippen LogP contribution in [-0.4, -0.2) is 22.0 Å². The van der Waals surface area contributed by atoms with Gasteiger partial charge in [0.1, 0.15) is 0 Å². The van der Waals surface area contributed by atoms with Crippen molar-refractivity contribution in [3.05, 3.63) is 68.6 Å². The molecule has 0 saturated carbocycles. The minimum absolute atomic E-state index is 0.375. The highest BCUT2D eigenvalue weighted by Crippen LogP contribution is 2.22. The Morgan fingerprint density at radius 1 is 1.19 bits per heavy atom.